The van der Waals surface area contributed by atoms with E-state index in [4.69, 9.17) is 9.84 Å². The van der Waals surface area contributed by atoms with Crippen LogP contribution in [0.15, 0.2) is 42.5 Å². The van der Waals surface area contributed by atoms with Crippen molar-refractivity contribution in [1.82, 2.24) is 5.32 Å². The van der Waals surface area contributed by atoms with E-state index in [-0.39, 0.29) is 12.0 Å². The van der Waals surface area contributed by atoms with Gasteiger partial charge in [-0.2, -0.15) is 0 Å². The Kier molecular flexibility index (Phi) is 7.14. The van der Waals surface area contributed by atoms with Gasteiger partial charge in [0.1, 0.15) is 11.6 Å². The van der Waals surface area contributed by atoms with Gasteiger partial charge in [0, 0.05) is 13.0 Å². The summed E-state index contributed by atoms with van der Waals surface area (Å²) >= 11 is 0. The quantitative estimate of drug-likeness (QED) is 0.666. The number of unbranched alkanes of at least 4 members (excludes halogenated alkanes) is 2. The molecule has 2 rings (SSSR count). The molecule has 2 aromatic carbocycles. The minimum Gasteiger partial charge on any atom is -0.497 e. The van der Waals surface area contributed by atoms with E-state index < -0.39 is 17.7 Å². The molecule has 138 valence electrons. The van der Waals surface area contributed by atoms with Gasteiger partial charge in [0.05, 0.1) is 12.7 Å². The van der Waals surface area contributed by atoms with Gasteiger partial charge in [-0.05, 0) is 48.2 Å². The fourth-order valence-electron chi connectivity index (χ4n) is 2.54. The van der Waals surface area contributed by atoms with E-state index in [9.17, 15) is 14.0 Å². The van der Waals surface area contributed by atoms with Gasteiger partial charge < -0.3 is 15.2 Å². The number of halogens is 1. The SMILES string of the molecule is COc1ccc(-c2ccc(C(=O)NCCCCCC(=O)O)c(F)c2)cc1. The Morgan fingerprint density at radius 1 is 1.04 bits per heavy atom. The first kappa shape index (κ1) is 19.4. The predicted molar refractivity (Wildman–Crippen MR) is 96.8 cm³/mol. The zero-order valence-electron chi connectivity index (χ0n) is 14.6. The molecule has 0 heterocycles. The largest absolute Gasteiger partial charge is 0.497 e. The van der Waals surface area contributed by atoms with Crippen molar-refractivity contribution < 1.29 is 23.8 Å². The van der Waals surface area contributed by atoms with E-state index in [1.807, 2.05) is 12.1 Å². The standard InChI is InChI=1S/C20H22FNO4/c1-26-16-9-6-14(7-10-16)15-8-11-17(18(21)13-15)20(25)22-12-4-2-3-5-19(23)24/h6-11,13H,2-5,12H2,1H3,(H,22,25)(H,23,24). The summed E-state index contributed by atoms with van der Waals surface area (Å²) < 4.78 is 19.4. The van der Waals surface area contributed by atoms with Gasteiger partial charge in [0.15, 0.2) is 0 Å². The lowest BCUT2D eigenvalue weighted by atomic mass is 10.0. The maximum absolute atomic E-state index is 14.3. The minimum absolute atomic E-state index is 0.00667. The molecule has 0 spiro atoms. The fourth-order valence-corrected chi connectivity index (χ4v) is 2.54. The molecule has 5 nitrogen and oxygen atoms in total. The molecule has 2 aromatic rings. The van der Waals surface area contributed by atoms with Crippen LogP contribution in [0.5, 0.6) is 5.75 Å². The second-order valence-electron chi connectivity index (χ2n) is 5.88. The molecule has 0 aliphatic carbocycles. The molecule has 0 aliphatic rings. The molecular weight excluding hydrogens is 337 g/mol. The number of carboxylic acid groups (broad SMARTS) is 1. The van der Waals surface area contributed by atoms with E-state index in [0.717, 1.165) is 5.56 Å². The fraction of sp³-hybridized carbons (Fsp3) is 0.300. The first-order valence-corrected chi connectivity index (χ1v) is 8.45. The van der Waals surface area contributed by atoms with Crippen LogP contribution in [0.4, 0.5) is 4.39 Å². The summed E-state index contributed by atoms with van der Waals surface area (Å²) in [4.78, 5) is 22.5. The van der Waals surface area contributed by atoms with Gasteiger partial charge >= 0.3 is 5.97 Å². The summed E-state index contributed by atoms with van der Waals surface area (Å²) in [5, 5.41) is 11.2. The molecule has 2 N–H and O–H groups in total. The lowest BCUT2D eigenvalue weighted by Crippen LogP contribution is -2.25. The molecular formula is C20H22FNO4. The number of hydrogen-bond donors (Lipinski definition) is 2. The molecule has 0 saturated heterocycles. The van der Waals surface area contributed by atoms with Crippen molar-refractivity contribution in [3.8, 4) is 16.9 Å². The second-order valence-corrected chi connectivity index (χ2v) is 5.88. The van der Waals surface area contributed by atoms with Crippen LogP contribution in [0.2, 0.25) is 0 Å². The summed E-state index contributed by atoms with van der Waals surface area (Å²) in [5.41, 5.74) is 1.50. The topological polar surface area (TPSA) is 75.6 Å². The molecule has 0 aromatic heterocycles. The number of rotatable bonds is 9. The average Bonchev–Trinajstić information content (AvgIpc) is 2.64. The summed E-state index contributed by atoms with van der Waals surface area (Å²) in [6.07, 6.45) is 2.04. The Morgan fingerprint density at radius 3 is 2.35 bits per heavy atom. The van der Waals surface area contributed by atoms with Gasteiger partial charge in [-0.15, -0.1) is 0 Å². The number of carbonyl (C=O) groups excluding carboxylic acids is 1. The maximum atomic E-state index is 14.3. The Bertz CT molecular complexity index is 759. The highest BCUT2D eigenvalue weighted by atomic mass is 19.1. The van der Waals surface area contributed by atoms with Crippen molar-refractivity contribution in [2.75, 3.05) is 13.7 Å². The number of benzene rings is 2. The second kappa shape index (κ2) is 9.56. The number of carboxylic acids is 1. The number of amides is 1. The smallest absolute Gasteiger partial charge is 0.303 e. The lowest BCUT2D eigenvalue weighted by Gasteiger charge is -2.08. The average molecular weight is 359 g/mol. The summed E-state index contributed by atoms with van der Waals surface area (Å²) in [6.45, 7) is 0.387. The normalized spacial score (nSPS) is 10.4. The van der Waals surface area contributed by atoms with Crippen molar-refractivity contribution in [3.63, 3.8) is 0 Å². The Hall–Kier alpha value is -2.89. The number of aliphatic carboxylic acids is 1. The van der Waals surface area contributed by atoms with E-state index in [1.54, 1.807) is 25.3 Å². The van der Waals surface area contributed by atoms with Gasteiger partial charge in [-0.25, -0.2) is 4.39 Å². The van der Waals surface area contributed by atoms with Crippen LogP contribution in [0, 0.1) is 5.82 Å². The van der Waals surface area contributed by atoms with Crippen molar-refractivity contribution >= 4 is 11.9 Å². The summed E-state index contributed by atoms with van der Waals surface area (Å²) in [7, 11) is 1.58. The Balaban J connectivity index is 1.91. The van der Waals surface area contributed by atoms with Gasteiger partial charge in [-0.3, -0.25) is 9.59 Å². The molecule has 0 aliphatic heterocycles. The number of nitrogens with one attached hydrogen (secondary N) is 1. The highest BCUT2D eigenvalue weighted by molar-refractivity contribution is 5.95. The van der Waals surface area contributed by atoms with Gasteiger partial charge in [0.25, 0.3) is 5.91 Å². The molecule has 0 saturated carbocycles. The molecule has 26 heavy (non-hydrogen) atoms. The minimum atomic E-state index is -0.826. The number of carbonyl (C=O) groups is 2. The number of methoxy groups -OCH3 is 1. The molecule has 0 radical (unpaired) electrons. The molecule has 0 fully saturated rings. The molecule has 1 amide bonds. The van der Waals surface area contributed by atoms with Crippen LogP contribution in [-0.2, 0) is 4.79 Å². The third-order valence-corrected chi connectivity index (χ3v) is 3.99. The Labute approximate surface area is 151 Å². The van der Waals surface area contributed by atoms with E-state index in [2.05, 4.69) is 5.32 Å². The highest BCUT2D eigenvalue weighted by Crippen LogP contribution is 2.24. The van der Waals surface area contributed by atoms with Crippen LogP contribution >= 0.6 is 0 Å². The third-order valence-electron chi connectivity index (χ3n) is 3.99. The van der Waals surface area contributed by atoms with Gasteiger partial charge in [-0.1, -0.05) is 24.6 Å². The molecule has 0 bridgehead atoms. The third kappa shape index (κ3) is 5.58. The van der Waals surface area contributed by atoms with Crippen molar-refractivity contribution in [3.05, 3.63) is 53.8 Å². The van der Waals surface area contributed by atoms with Crippen LogP contribution in [-0.4, -0.2) is 30.6 Å². The number of hydrogen-bond acceptors (Lipinski definition) is 3. The first-order valence-electron chi connectivity index (χ1n) is 8.45. The summed E-state index contributed by atoms with van der Waals surface area (Å²) in [6, 6.07) is 11.7. The maximum Gasteiger partial charge on any atom is 0.303 e. The van der Waals surface area contributed by atoms with Gasteiger partial charge in [0.2, 0.25) is 0 Å². The van der Waals surface area contributed by atoms with Crippen molar-refractivity contribution in [1.29, 1.82) is 0 Å². The van der Waals surface area contributed by atoms with Crippen molar-refractivity contribution in [2.45, 2.75) is 25.7 Å². The van der Waals surface area contributed by atoms with Crippen LogP contribution in [0.1, 0.15) is 36.0 Å². The molecule has 0 atom stereocenters. The lowest BCUT2D eigenvalue weighted by molar-refractivity contribution is -0.137. The highest BCUT2D eigenvalue weighted by Gasteiger charge is 2.12. The van der Waals surface area contributed by atoms with Crippen LogP contribution < -0.4 is 10.1 Å². The molecule has 6 heteroatoms. The van der Waals surface area contributed by atoms with E-state index in [0.29, 0.717) is 37.1 Å². The zero-order valence-corrected chi connectivity index (χ0v) is 14.6. The molecule has 0 unspecified atom stereocenters. The monoisotopic (exact) mass is 359 g/mol. The zero-order chi connectivity index (χ0) is 18.9. The van der Waals surface area contributed by atoms with Crippen LogP contribution in [0.25, 0.3) is 11.1 Å². The number of ether oxygens (including phenoxy) is 1. The predicted octanol–water partition coefficient (Wildman–Crippen LogP) is 3.88. The first-order chi connectivity index (χ1) is 12.5. The van der Waals surface area contributed by atoms with E-state index >= 15 is 0 Å². The van der Waals surface area contributed by atoms with E-state index in [1.165, 1.54) is 12.1 Å². The Morgan fingerprint density at radius 2 is 1.73 bits per heavy atom. The van der Waals surface area contributed by atoms with Crippen LogP contribution in [0.3, 0.4) is 0 Å². The van der Waals surface area contributed by atoms with Crippen molar-refractivity contribution in [2.24, 2.45) is 0 Å². The summed E-state index contributed by atoms with van der Waals surface area (Å²) in [5.74, 6) is -1.16.